The largest absolute Gasteiger partial charge is 0.394 e. The van der Waals surface area contributed by atoms with E-state index in [9.17, 15) is 9.90 Å². The van der Waals surface area contributed by atoms with Crippen molar-refractivity contribution in [3.8, 4) is 0 Å². The van der Waals surface area contributed by atoms with Gasteiger partial charge in [0.1, 0.15) is 6.33 Å². The van der Waals surface area contributed by atoms with E-state index in [1.54, 1.807) is 18.3 Å². The number of fused-ring (bicyclic) bond motifs is 1. The average molecular weight is 356 g/mol. The number of benzene rings is 1. The normalized spacial score (nSPS) is 17.5. The lowest BCUT2D eigenvalue weighted by atomic mass is 9.95. The van der Waals surface area contributed by atoms with Crippen LogP contribution in [0.5, 0.6) is 0 Å². The fourth-order valence-corrected chi connectivity index (χ4v) is 3.75. The molecule has 1 amide bonds. The highest BCUT2D eigenvalue weighted by atomic mass is 16.3. The van der Waals surface area contributed by atoms with Crippen molar-refractivity contribution in [1.29, 1.82) is 0 Å². The van der Waals surface area contributed by atoms with E-state index >= 15 is 0 Å². The van der Waals surface area contributed by atoms with E-state index in [1.807, 2.05) is 6.07 Å². The number of nitrogens with one attached hydrogen (secondary N) is 2. The average Bonchev–Trinajstić information content (AvgIpc) is 3.17. The quantitative estimate of drug-likeness (QED) is 0.708. The third-order valence-electron chi connectivity index (χ3n) is 5.22. The molecule has 0 aliphatic heterocycles. The van der Waals surface area contributed by atoms with Crippen LogP contribution in [0.1, 0.15) is 49.9 Å². The molecule has 0 bridgehead atoms. The van der Waals surface area contributed by atoms with Crippen molar-refractivity contribution in [1.82, 2.24) is 20.6 Å². The lowest BCUT2D eigenvalue weighted by Gasteiger charge is -2.33. The highest BCUT2D eigenvalue weighted by Gasteiger charge is 2.29. The number of carbonyl (C=O) groups excluding carboxylic acids is 1. The highest BCUT2D eigenvalue weighted by Crippen LogP contribution is 2.20. The lowest BCUT2D eigenvalue weighted by Crippen LogP contribution is -2.56. The second-order valence-electron chi connectivity index (χ2n) is 7.48. The first-order valence-corrected chi connectivity index (χ1v) is 9.46. The Labute approximate surface area is 154 Å². The summed E-state index contributed by atoms with van der Waals surface area (Å²) in [6, 6.07) is 5.55. The van der Waals surface area contributed by atoms with Crippen LogP contribution >= 0.6 is 0 Å². The molecular weight excluding hydrogens is 328 g/mol. The Hall–Kier alpha value is -2.05. The van der Waals surface area contributed by atoms with Crippen LogP contribution in [0.15, 0.2) is 30.7 Å². The second kappa shape index (κ2) is 8.56. The van der Waals surface area contributed by atoms with Crippen molar-refractivity contribution in [3.63, 3.8) is 0 Å². The van der Waals surface area contributed by atoms with Gasteiger partial charge in [0.15, 0.2) is 0 Å². The molecule has 1 heterocycles. The molecule has 0 radical (unpaired) electrons. The molecule has 6 nitrogen and oxygen atoms in total. The summed E-state index contributed by atoms with van der Waals surface area (Å²) in [4.78, 5) is 20.9. The van der Waals surface area contributed by atoms with Gasteiger partial charge in [0.05, 0.1) is 18.2 Å². The summed E-state index contributed by atoms with van der Waals surface area (Å²) in [6.07, 6.45) is 8.02. The SMILES string of the molecule is CC(C)C(NC1CCCC1)[C@@H](CO)NC(=O)c1ccc2cncnc2c1. The van der Waals surface area contributed by atoms with E-state index in [2.05, 4.69) is 34.4 Å². The van der Waals surface area contributed by atoms with Gasteiger partial charge in [-0.25, -0.2) is 9.97 Å². The molecule has 1 saturated carbocycles. The van der Waals surface area contributed by atoms with E-state index in [1.165, 1.54) is 32.0 Å². The Morgan fingerprint density at radius 3 is 2.77 bits per heavy atom. The molecule has 2 aromatic rings. The Morgan fingerprint density at radius 2 is 2.08 bits per heavy atom. The van der Waals surface area contributed by atoms with Crippen LogP contribution in [0.2, 0.25) is 0 Å². The minimum absolute atomic E-state index is 0.0369. The maximum absolute atomic E-state index is 12.7. The van der Waals surface area contributed by atoms with Crippen molar-refractivity contribution in [2.75, 3.05) is 6.61 Å². The Bertz CT molecular complexity index is 743. The zero-order valence-electron chi connectivity index (χ0n) is 15.5. The minimum Gasteiger partial charge on any atom is -0.394 e. The van der Waals surface area contributed by atoms with E-state index in [-0.39, 0.29) is 24.6 Å². The fourth-order valence-electron chi connectivity index (χ4n) is 3.75. The molecule has 1 unspecified atom stereocenters. The number of rotatable bonds is 7. The zero-order chi connectivity index (χ0) is 18.5. The van der Waals surface area contributed by atoms with Crippen LogP contribution in [0.3, 0.4) is 0 Å². The fraction of sp³-hybridized carbons (Fsp3) is 0.550. The van der Waals surface area contributed by atoms with Gasteiger partial charge in [-0.1, -0.05) is 32.8 Å². The van der Waals surface area contributed by atoms with Crippen LogP contribution in [0, 0.1) is 5.92 Å². The summed E-state index contributed by atoms with van der Waals surface area (Å²) in [5, 5.41) is 17.5. The number of hydrogen-bond donors (Lipinski definition) is 3. The first kappa shape index (κ1) is 18.7. The molecule has 1 aliphatic carbocycles. The first-order valence-electron chi connectivity index (χ1n) is 9.46. The zero-order valence-corrected chi connectivity index (χ0v) is 15.5. The summed E-state index contributed by atoms with van der Waals surface area (Å²) in [5.41, 5.74) is 1.27. The summed E-state index contributed by atoms with van der Waals surface area (Å²) >= 11 is 0. The number of nitrogens with zero attached hydrogens (tertiary/aromatic N) is 2. The van der Waals surface area contributed by atoms with Crippen LogP contribution < -0.4 is 10.6 Å². The molecule has 1 fully saturated rings. The first-order chi connectivity index (χ1) is 12.6. The molecule has 3 rings (SSSR count). The topological polar surface area (TPSA) is 87.1 Å². The van der Waals surface area contributed by atoms with Gasteiger partial charge in [-0.2, -0.15) is 0 Å². The summed E-state index contributed by atoms with van der Waals surface area (Å²) in [5.74, 6) is 0.112. The van der Waals surface area contributed by atoms with E-state index < -0.39 is 0 Å². The highest BCUT2D eigenvalue weighted by molar-refractivity contribution is 5.97. The number of aromatic nitrogens is 2. The van der Waals surface area contributed by atoms with Gasteiger partial charge < -0.3 is 15.7 Å². The molecule has 0 spiro atoms. The number of aliphatic hydroxyl groups is 1. The van der Waals surface area contributed by atoms with Crippen molar-refractivity contribution < 1.29 is 9.90 Å². The second-order valence-corrected chi connectivity index (χ2v) is 7.48. The molecule has 1 aromatic carbocycles. The Morgan fingerprint density at radius 1 is 1.31 bits per heavy atom. The molecule has 140 valence electrons. The smallest absolute Gasteiger partial charge is 0.251 e. The standard InChI is InChI=1S/C20H28N4O2/c1-13(2)19(23-16-5-3-4-6-16)18(11-25)24-20(26)14-7-8-15-10-21-12-22-17(15)9-14/h7-10,12-13,16,18-19,23,25H,3-6,11H2,1-2H3,(H,24,26)/t18-,19?/m1/s1. The Kier molecular flexibility index (Phi) is 6.16. The molecule has 1 aromatic heterocycles. The summed E-state index contributed by atoms with van der Waals surface area (Å²) in [7, 11) is 0. The van der Waals surface area contributed by atoms with Gasteiger partial charge >= 0.3 is 0 Å². The van der Waals surface area contributed by atoms with E-state index in [4.69, 9.17) is 0 Å². The van der Waals surface area contributed by atoms with Gasteiger partial charge in [0.25, 0.3) is 5.91 Å². The third kappa shape index (κ3) is 4.37. The monoisotopic (exact) mass is 356 g/mol. The number of carbonyl (C=O) groups is 1. The van der Waals surface area contributed by atoms with Crippen LogP contribution in [0.25, 0.3) is 10.9 Å². The summed E-state index contributed by atoms with van der Waals surface area (Å²) < 4.78 is 0. The van der Waals surface area contributed by atoms with Crippen LogP contribution in [0.4, 0.5) is 0 Å². The molecule has 2 atom stereocenters. The maximum Gasteiger partial charge on any atom is 0.251 e. The number of amides is 1. The predicted molar refractivity (Wildman–Crippen MR) is 102 cm³/mol. The van der Waals surface area contributed by atoms with E-state index in [0.29, 0.717) is 17.5 Å². The number of aliphatic hydroxyl groups excluding tert-OH is 1. The van der Waals surface area contributed by atoms with Gasteiger partial charge in [-0.05, 0) is 30.9 Å². The van der Waals surface area contributed by atoms with Crippen LogP contribution in [-0.4, -0.2) is 45.7 Å². The van der Waals surface area contributed by atoms with Gasteiger partial charge in [0.2, 0.25) is 0 Å². The molecular formula is C20H28N4O2. The maximum atomic E-state index is 12.7. The van der Waals surface area contributed by atoms with Gasteiger partial charge in [0, 0.05) is 29.2 Å². The molecule has 6 heteroatoms. The third-order valence-corrected chi connectivity index (χ3v) is 5.22. The van der Waals surface area contributed by atoms with Crippen molar-refractivity contribution in [2.45, 2.75) is 57.7 Å². The predicted octanol–water partition coefficient (Wildman–Crippen LogP) is 2.28. The van der Waals surface area contributed by atoms with Crippen molar-refractivity contribution in [2.24, 2.45) is 5.92 Å². The van der Waals surface area contributed by atoms with Gasteiger partial charge in [-0.15, -0.1) is 0 Å². The van der Waals surface area contributed by atoms with Crippen molar-refractivity contribution in [3.05, 3.63) is 36.3 Å². The van der Waals surface area contributed by atoms with E-state index in [0.717, 1.165) is 10.9 Å². The number of hydrogen-bond acceptors (Lipinski definition) is 5. The molecule has 3 N–H and O–H groups in total. The Balaban J connectivity index is 1.72. The van der Waals surface area contributed by atoms with Crippen molar-refractivity contribution >= 4 is 16.8 Å². The summed E-state index contributed by atoms with van der Waals surface area (Å²) in [6.45, 7) is 4.15. The lowest BCUT2D eigenvalue weighted by molar-refractivity contribution is 0.0882. The van der Waals surface area contributed by atoms with Crippen LogP contribution in [-0.2, 0) is 0 Å². The molecule has 1 aliphatic rings. The molecule has 0 saturated heterocycles. The van der Waals surface area contributed by atoms with Gasteiger partial charge in [-0.3, -0.25) is 4.79 Å². The molecule has 26 heavy (non-hydrogen) atoms. The minimum atomic E-state index is -0.329.